The summed E-state index contributed by atoms with van der Waals surface area (Å²) in [6.07, 6.45) is 15.0. The molecule has 0 aromatic carbocycles. The van der Waals surface area contributed by atoms with Crippen LogP contribution < -0.4 is 5.32 Å². The van der Waals surface area contributed by atoms with Crippen LogP contribution in [-0.2, 0) is 4.74 Å². The van der Waals surface area contributed by atoms with Gasteiger partial charge in [0.1, 0.15) is 0 Å². The van der Waals surface area contributed by atoms with E-state index in [0.717, 1.165) is 11.8 Å². The Bertz CT molecular complexity index is 263. The van der Waals surface area contributed by atoms with E-state index in [1.165, 1.54) is 70.6 Å². The van der Waals surface area contributed by atoms with Gasteiger partial charge in [-0.1, -0.05) is 51.9 Å². The Kier molecular flexibility index (Phi) is 6.35. The first-order valence-corrected chi connectivity index (χ1v) is 8.98. The van der Waals surface area contributed by atoms with Crippen molar-refractivity contribution in [1.29, 1.82) is 0 Å². The molecule has 0 heterocycles. The van der Waals surface area contributed by atoms with Crippen LogP contribution in [0.15, 0.2) is 0 Å². The molecule has 2 nitrogen and oxygen atoms in total. The molecule has 0 saturated heterocycles. The number of methoxy groups -OCH3 is 1. The largest absolute Gasteiger partial charge is 0.377 e. The summed E-state index contributed by atoms with van der Waals surface area (Å²) in [6, 6.07) is 0.559. The Morgan fingerprint density at radius 3 is 2.10 bits per heavy atom. The van der Waals surface area contributed by atoms with Gasteiger partial charge in [-0.15, -0.1) is 0 Å². The summed E-state index contributed by atoms with van der Waals surface area (Å²) in [5, 5.41) is 3.67. The third-order valence-corrected chi connectivity index (χ3v) is 6.17. The van der Waals surface area contributed by atoms with Gasteiger partial charge in [-0.3, -0.25) is 0 Å². The molecule has 0 aromatic heterocycles. The summed E-state index contributed by atoms with van der Waals surface area (Å²) < 4.78 is 6.16. The molecule has 0 aromatic rings. The summed E-state index contributed by atoms with van der Waals surface area (Å²) in [7, 11) is 4.11. The number of rotatable bonds is 5. The minimum absolute atomic E-state index is 0.106. The Hall–Kier alpha value is -0.0800. The summed E-state index contributed by atoms with van der Waals surface area (Å²) in [5.41, 5.74) is 0.106. The smallest absolute Gasteiger partial charge is 0.0833 e. The van der Waals surface area contributed by atoms with Gasteiger partial charge in [-0.05, 0) is 44.6 Å². The molecule has 0 aliphatic heterocycles. The van der Waals surface area contributed by atoms with Gasteiger partial charge in [0.2, 0.25) is 0 Å². The predicted octanol–water partition coefficient (Wildman–Crippen LogP) is 4.53. The fourth-order valence-corrected chi connectivity index (χ4v) is 4.83. The zero-order valence-electron chi connectivity index (χ0n) is 13.9. The molecule has 1 N–H and O–H groups in total. The van der Waals surface area contributed by atoms with Crippen molar-refractivity contribution >= 4 is 0 Å². The Morgan fingerprint density at radius 2 is 1.65 bits per heavy atom. The molecule has 2 aliphatic rings. The van der Waals surface area contributed by atoms with E-state index in [0.29, 0.717) is 6.04 Å². The lowest BCUT2D eigenvalue weighted by atomic mass is 9.71. The summed E-state index contributed by atoms with van der Waals surface area (Å²) >= 11 is 0. The monoisotopic (exact) mass is 281 g/mol. The maximum Gasteiger partial charge on any atom is 0.0833 e. The quantitative estimate of drug-likeness (QED) is 0.748. The van der Waals surface area contributed by atoms with E-state index < -0.39 is 0 Å². The number of hydrogen-bond acceptors (Lipinski definition) is 2. The normalized spacial score (nSPS) is 32.5. The van der Waals surface area contributed by atoms with E-state index in [2.05, 4.69) is 19.3 Å². The van der Waals surface area contributed by atoms with Gasteiger partial charge in [0, 0.05) is 13.2 Å². The highest BCUT2D eigenvalue weighted by molar-refractivity contribution is 4.98. The van der Waals surface area contributed by atoms with Crippen LogP contribution in [0.25, 0.3) is 0 Å². The van der Waals surface area contributed by atoms with Gasteiger partial charge in [-0.2, -0.15) is 0 Å². The van der Waals surface area contributed by atoms with Crippen molar-refractivity contribution < 1.29 is 4.74 Å². The van der Waals surface area contributed by atoms with E-state index in [4.69, 9.17) is 4.74 Å². The molecule has 0 radical (unpaired) electrons. The molecular formula is C18H35NO. The second-order valence-corrected chi connectivity index (χ2v) is 7.14. The SMILES string of the molecule is CCC1CCC(C(NC)C2(OC)CCCCCC2)CC1. The van der Waals surface area contributed by atoms with Gasteiger partial charge in [0.25, 0.3) is 0 Å². The van der Waals surface area contributed by atoms with Crippen LogP contribution in [0.1, 0.15) is 77.6 Å². The van der Waals surface area contributed by atoms with E-state index in [-0.39, 0.29) is 5.60 Å². The molecule has 2 fully saturated rings. The van der Waals surface area contributed by atoms with Gasteiger partial charge >= 0.3 is 0 Å². The van der Waals surface area contributed by atoms with Crippen molar-refractivity contribution in [1.82, 2.24) is 5.32 Å². The highest BCUT2D eigenvalue weighted by Crippen LogP contribution is 2.41. The van der Waals surface area contributed by atoms with Crippen LogP contribution in [0, 0.1) is 11.8 Å². The first-order valence-electron chi connectivity index (χ1n) is 8.98. The Labute approximate surface area is 126 Å². The van der Waals surface area contributed by atoms with Crippen molar-refractivity contribution in [3.05, 3.63) is 0 Å². The maximum atomic E-state index is 6.16. The molecule has 2 rings (SSSR count). The number of likely N-dealkylation sites (N-methyl/N-ethyl adjacent to an activating group) is 1. The van der Waals surface area contributed by atoms with E-state index in [1.807, 2.05) is 7.11 Å². The molecule has 1 atom stereocenters. The summed E-state index contributed by atoms with van der Waals surface area (Å²) in [6.45, 7) is 2.35. The van der Waals surface area contributed by atoms with E-state index in [9.17, 15) is 0 Å². The van der Waals surface area contributed by atoms with Crippen LogP contribution >= 0.6 is 0 Å². The van der Waals surface area contributed by atoms with Crippen LogP contribution in [0.5, 0.6) is 0 Å². The van der Waals surface area contributed by atoms with Gasteiger partial charge < -0.3 is 10.1 Å². The average Bonchev–Trinajstić information content (AvgIpc) is 2.75. The number of hydrogen-bond donors (Lipinski definition) is 1. The van der Waals surface area contributed by atoms with E-state index >= 15 is 0 Å². The van der Waals surface area contributed by atoms with Gasteiger partial charge in [-0.25, -0.2) is 0 Å². The molecule has 0 spiro atoms. The minimum atomic E-state index is 0.106. The van der Waals surface area contributed by atoms with E-state index in [1.54, 1.807) is 0 Å². The predicted molar refractivity (Wildman–Crippen MR) is 86.0 cm³/mol. The first kappa shape index (κ1) is 16.3. The zero-order chi connectivity index (χ0) is 14.4. The number of ether oxygens (including phenoxy) is 1. The maximum absolute atomic E-state index is 6.16. The lowest BCUT2D eigenvalue weighted by Crippen LogP contribution is -2.55. The van der Waals surface area contributed by atoms with Crippen LogP contribution in [0.4, 0.5) is 0 Å². The average molecular weight is 281 g/mol. The molecule has 2 aliphatic carbocycles. The molecule has 0 bridgehead atoms. The van der Waals surface area contributed by atoms with Crippen LogP contribution in [0.3, 0.4) is 0 Å². The van der Waals surface area contributed by atoms with Crippen molar-refractivity contribution in [2.75, 3.05) is 14.2 Å². The zero-order valence-corrected chi connectivity index (χ0v) is 13.9. The Morgan fingerprint density at radius 1 is 1.05 bits per heavy atom. The third kappa shape index (κ3) is 3.57. The standard InChI is InChI=1S/C18H35NO/c1-4-15-9-11-16(12-10-15)17(19-2)18(20-3)13-7-5-6-8-14-18/h15-17,19H,4-14H2,1-3H3. The molecular weight excluding hydrogens is 246 g/mol. The van der Waals surface area contributed by atoms with Crippen molar-refractivity contribution in [2.45, 2.75) is 89.2 Å². The molecule has 118 valence electrons. The van der Waals surface area contributed by atoms with Crippen molar-refractivity contribution in [3.63, 3.8) is 0 Å². The third-order valence-electron chi connectivity index (χ3n) is 6.17. The van der Waals surface area contributed by atoms with Crippen molar-refractivity contribution in [2.24, 2.45) is 11.8 Å². The molecule has 2 saturated carbocycles. The lowest BCUT2D eigenvalue weighted by molar-refractivity contribution is -0.0715. The summed E-state index contributed by atoms with van der Waals surface area (Å²) in [4.78, 5) is 0. The highest BCUT2D eigenvalue weighted by Gasteiger charge is 2.43. The van der Waals surface area contributed by atoms with Crippen LogP contribution in [0.2, 0.25) is 0 Å². The van der Waals surface area contributed by atoms with Gasteiger partial charge in [0.15, 0.2) is 0 Å². The topological polar surface area (TPSA) is 21.3 Å². The second-order valence-electron chi connectivity index (χ2n) is 7.14. The fourth-order valence-electron chi connectivity index (χ4n) is 4.83. The second kappa shape index (κ2) is 7.79. The Balaban J connectivity index is 2.04. The minimum Gasteiger partial charge on any atom is -0.377 e. The van der Waals surface area contributed by atoms with Gasteiger partial charge in [0.05, 0.1) is 5.60 Å². The van der Waals surface area contributed by atoms with Crippen LogP contribution in [-0.4, -0.2) is 25.8 Å². The summed E-state index contributed by atoms with van der Waals surface area (Å²) in [5.74, 6) is 1.80. The molecule has 20 heavy (non-hydrogen) atoms. The molecule has 0 amide bonds. The number of nitrogens with one attached hydrogen (secondary N) is 1. The first-order chi connectivity index (χ1) is 9.75. The molecule has 1 unspecified atom stereocenters. The highest BCUT2D eigenvalue weighted by atomic mass is 16.5. The fraction of sp³-hybridized carbons (Fsp3) is 1.00. The lowest BCUT2D eigenvalue weighted by Gasteiger charge is -2.45. The molecule has 2 heteroatoms. The van der Waals surface area contributed by atoms with Crippen molar-refractivity contribution in [3.8, 4) is 0 Å².